The zero-order valence-electron chi connectivity index (χ0n) is 51.1. The molecule has 6 heterocycles. The zero-order chi connectivity index (χ0) is 60.6. The zero-order valence-corrected chi connectivity index (χ0v) is 56.6. The number of phenols is 1. The van der Waals surface area contributed by atoms with Gasteiger partial charge < -0.3 is 34.4 Å². The van der Waals surface area contributed by atoms with Crippen molar-refractivity contribution in [2.24, 2.45) is 0 Å². The van der Waals surface area contributed by atoms with Gasteiger partial charge in [0.1, 0.15) is 41.3 Å². The van der Waals surface area contributed by atoms with Crippen LogP contribution in [0.2, 0.25) is 0 Å². The Morgan fingerprint density at radius 2 is 0.906 bits per heavy atom. The Balaban J connectivity index is 0.000000172. The van der Waals surface area contributed by atoms with Crippen molar-refractivity contribution in [3.8, 4) is 17.2 Å². The van der Waals surface area contributed by atoms with Gasteiger partial charge in [-0.2, -0.15) is 0 Å². The highest BCUT2D eigenvalue weighted by Gasteiger charge is 2.17. The molecular weight excluding hydrogens is 1280 g/mol. The van der Waals surface area contributed by atoms with Crippen LogP contribution in [-0.2, 0) is 25.5 Å². The lowest BCUT2D eigenvalue weighted by atomic mass is 10.1. The summed E-state index contributed by atoms with van der Waals surface area (Å²) in [4.78, 5) is 25.3. The van der Waals surface area contributed by atoms with Gasteiger partial charge in [-0.05, 0) is 189 Å². The highest BCUT2D eigenvalue weighted by Crippen LogP contribution is 2.25. The maximum atomic E-state index is 9.21. The van der Waals surface area contributed by atoms with E-state index in [1.807, 2.05) is 74.5 Å². The van der Waals surface area contributed by atoms with E-state index in [1.165, 1.54) is 125 Å². The first-order chi connectivity index (χ1) is 41.4. The fourth-order valence-electron chi connectivity index (χ4n) is 10.3. The van der Waals surface area contributed by atoms with E-state index in [-0.39, 0.29) is 0 Å². The van der Waals surface area contributed by atoms with Gasteiger partial charge >= 0.3 is 0 Å². The first kappa shape index (κ1) is 68.8. The number of phenolic OH excluding ortho intramolecular Hbond substituents is 1. The summed E-state index contributed by atoms with van der Waals surface area (Å²) in [5, 5.41) is 15.5. The number of aryl methyl sites for hydroxylation is 6. The van der Waals surface area contributed by atoms with E-state index in [2.05, 4.69) is 182 Å². The average Bonchev–Trinajstić information content (AvgIpc) is 4.43. The summed E-state index contributed by atoms with van der Waals surface area (Å²) in [6, 6.07) is 42.7. The Morgan fingerprint density at radius 3 is 1.35 bits per heavy atom. The number of alkyl halides is 4. The number of aromatic amines is 2. The number of H-pyrrole nitrogens is 2. The molecule has 0 bridgehead atoms. The third-order valence-corrected chi connectivity index (χ3v) is 17.2. The van der Waals surface area contributed by atoms with Crippen LogP contribution in [0.25, 0.3) is 33.1 Å². The Kier molecular flexibility index (Phi) is 31.4. The minimum absolute atomic E-state index is 0.414. The molecule has 0 atom stereocenters. The number of fused-ring (bicyclic) bond motifs is 3. The molecule has 458 valence electrons. The lowest BCUT2D eigenvalue weighted by Crippen LogP contribution is -2.30. The van der Waals surface area contributed by atoms with E-state index in [0.717, 1.165) is 110 Å². The molecule has 12 rings (SSSR count). The number of rotatable bonds is 13. The number of aromatic hydroxyl groups is 1. The van der Waals surface area contributed by atoms with Crippen molar-refractivity contribution in [1.29, 1.82) is 0 Å². The largest absolute Gasteiger partial charge is 0.507 e. The Hall–Kier alpha value is -5.26. The van der Waals surface area contributed by atoms with Gasteiger partial charge in [0.15, 0.2) is 0 Å². The number of hydrogen-bond acceptors (Lipinski definition) is 9. The van der Waals surface area contributed by atoms with E-state index in [0.29, 0.717) is 18.2 Å². The topological polar surface area (TPSA) is 132 Å². The van der Waals surface area contributed by atoms with E-state index in [4.69, 9.17) is 26.1 Å². The van der Waals surface area contributed by atoms with Crippen LogP contribution in [0.5, 0.6) is 17.2 Å². The van der Waals surface area contributed by atoms with Crippen molar-refractivity contribution in [3.05, 3.63) is 178 Å². The predicted octanol–water partition coefficient (Wildman–Crippen LogP) is 17.2. The van der Waals surface area contributed by atoms with Crippen molar-refractivity contribution in [3.63, 3.8) is 0 Å². The summed E-state index contributed by atoms with van der Waals surface area (Å²) in [6.07, 6.45) is 12.2. The number of para-hydroxylation sites is 9. The van der Waals surface area contributed by atoms with Gasteiger partial charge in [0, 0.05) is 16.0 Å². The number of imidazole rings is 3. The van der Waals surface area contributed by atoms with Crippen molar-refractivity contribution in [2.45, 2.75) is 125 Å². The molecule has 12 nitrogen and oxygen atoms in total. The molecule has 0 amide bonds. The Labute approximate surface area is 536 Å². The molecule has 0 saturated carbocycles. The first-order valence-electron chi connectivity index (χ1n) is 30.3. The third-order valence-electron chi connectivity index (χ3n) is 14.8. The summed E-state index contributed by atoms with van der Waals surface area (Å²) in [7, 11) is 0. The van der Waals surface area contributed by atoms with Crippen molar-refractivity contribution >= 4 is 92.5 Å². The quantitative estimate of drug-likeness (QED) is 0.0833. The number of likely N-dealkylation sites (tertiary alicyclic amines) is 2. The highest BCUT2D eigenvalue weighted by atomic mass is 79.9. The lowest BCUT2D eigenvalue weighted by molar-refractivity contribution is 0.211. The second kappa shape index (κ2) is 38.8. The summed E-state index contributed by atoms with van der Waals surface area (Å²) >= 11 is 15.3. The Bertz CT molecular complexity index is 3170. The van der Waals surface area contributed by atoms with Crippen LogP contribution in [0.4, 0.5) is 0 Å². The number of benzene rings is 6. The summed E-state index contributed by atoms with van der Waals surface area (Å²) in [5.74, 6) is 5.97. The van der Waals surface area contributed by atoms with Gasteiger partial charge in [-0.1, -0.05) is 158 Å². The van der Waals surface area contributed by atoms with Crippen LogP contribution < -0.4 is 14.8 Å². The van der Waals surface area contributed by atoms with E-state index in [1.54, 1.807) is 0 Å². The van der Waals surface area contributed by atoms with Gasteiger partial charge in [-0.25, -0.2) is 15.0 Å². The summed E-state index contributed by atoms with van der Waals surface area (Å²) in [6.45, 7) is 23.5. The minimum Gasteiger partial charge on any atom is -0.507 e. The Morgan fingerprint density at radius 1 is 0.471 bits per heavy atom. The van der Waals surface area contributed by atoms with Crippen molar-refractivity contribution < 1.29 is 14.6 Å². The van der Waals surface area contributed by atoms with Crippen LogP contribution in [0, 0.1) is 41.5 Å². The molecule has 3 aromatic heterocycles. The SMILES string of the molecule is BrCCBr.C1CCNCC1.Cc1cccc(C)c1O.Cc1cccc(C)c1OCCBr.Cc1cccc(C)c1OCCn1c(CN2CCCCC2)nc2ccccc21.ClCc1nc2ccccc2[nH]1.c1ccc2[nH]c(CN3CCCCC3)nc2c1. The molecule has 3 aliphatic rings. The van der Waals surface area contributed by atoms with Gasteiger partial charge in [-0.3, -0.25) is 9.80 Å². The molecular formula is C69H91Br3ClN9O3. The number of aromatic nitrogens is 6. The molecule has 4 N–H and O–H groups in total. The normalized spacial score (nSPS) is 14.1. The van der Waals surface area contributed by atoms with Gasteiger partial charge in [-0.15, -0.1) is 11.6 Å². The third kappa shape index (κ3) is 23.4. The molecule has 3 saturated heterocycles. The molecule has 3 fully saturated rings. The van der Waals surface area contributed by atoms with Crippen molar-refractivity contribution in [2.75, 3.05) is 68.5 Å². The van der Waals surface area contributed by atoms with Crippen LogP contribution in [-0.4, -0.2) is 113 Å². The predicted molar refractivity (Wildman–Crippen MR) is 368 cm³/mol. The highest BCUT2D eigenvalue weighted by molar-refractivity contribution is 9.12. The van der Waals surface area contributed by atoms with Gasteiger partial charge in [0.2, 0.25) is 0 Å². The molecule has 9 aromatic rings. The van der Waals surface area contributed by atoms with E-state index < -0.39 is 0 Å². The molecule has 0 aliphatic carbocycles. The monoisotopic (exact) mass is 1370 g/mol. The molecule has 0 unspecified atom stereocenters. The van der Waals surface area contributed by atoms with Crippen LogP contribution in [0.1, 0.15) is 109 Å². The molecule has 16 heteroatoms. The molecule has 6 aromatic carbocycles. The van der Waals surface area contributed by atoms with Crippen LogP contribution >= 0.6 is 59.4 Å². The van der Waals surface area contributed by atoms with Crippen molar-refractivity contribution in [1.82, 2.24) is 44.6 Å². The summed E-state index contributed by atoms with van der Waals surface area (Å²) in [5.41, 5.74) is 13.2. The lowest BCUT2D eigenvalue weighted by Gasteiger charge is -2.26. The van der Waals surface area contributed by atoms with E-state index in [9.17, 15) is 5.11 Å². The number of hydrogen-bond donors (Lipinski definition) is 4. The summed E-state index contributed by atoms with van der Waals surface area (Å²) < 4.78 is 14.1. The second-order valence-corrected chi connectivity index (χ2v) is 24.3. The minimum atomic E-state index is 0.414. The van der Waals surface area contributed by atoms with Crippen LogP contribution in [0.15, 0.2) is 127 Å². The molecule has 0 radical (unpaired) electrons. The second-order valence-electron chi connectivity index (χ2n) is 21.6. The molecule has 3 aliphatic heterocycles. The van der Waals surface area contributed by atoms with Gasteiger partial charge in [0.05, 0.1) is 65.2 Å². The maximum Gasteiger partial charge on any atom is 0.125 e. The number of ether oxygens (including phenoxy) is 2. The van der Waals surface area contributed by atoms with Crippen LogP contribution in [0.3, 0.4) is 0 Å². The average molecular weight is 1370 g/mol. The fraction of sp³-hybridized carbons (Fsp3) is 0.435. The van der Waals surface area contributed by atoms with Gasteiger partial charge in [0.25, 0.3) is 0 Å². The van der Waals surface area contributed by atoms with E-state index >= 15 is 0 Å². The first-order valence-corrected chi connectivity index (χ1v) is 34.2. The molecule has 0 spiro atoms. The standard InChI is InChI=1S/C23H29N3O.C13H17N3.C10H13BrO.C8H7ClN2.C8H10O.C5H11N.C2H4Br2/c1-18-9-8-10-19(2)23(18)27-16-15-26-21-12-5-4-11-20(21)24-22(26)17-25-13-6-3-7-14-25;1-4-8-16(9-5-1)10-13-14-11-6-2-3-7-12(11)15-13;1-8-4-3-5-9(2)10(8)12-7-6-11;9-5-8-10-6-3-1-2-4-7(6)11-8;1-6-4-3-5-7(2)8(6)9;1-2-4-6-5-3-1;3-1-2-4/h4-5,8-12H,3,6-7,13-17H2,1-2H3;2-3,6-7H,1,4-5,8-10H2,(H,14,15);3-5H,6-7H2,1-2H3;1-4H,5H2,(H,10,11);3-5,9H,1-2H3;6H,1-5H2;1-2H2. The smallest absolute Gasteiger partial charge is 0.125 e. The number of nitrogens with zero attached hydrogens (tertiary/aromatic N) is 6. The number of halogens is 4. The molecule has 85 heavy (non-hydrogen) atoms. The number of piperidine rings is 3. The fourth-order valence-corrected chi connectivity index (χ4v) is 10.6. The number of nitrogens with one attached hydrogen (secondary N) is 3. The maximum absolute atomic E-state index is 9.21.